The van der Waals surface area contributed by atoms with E-state index in [9.17, 15) is 9.59 Å². The summed E-state index contributed by atoms with van der Waals surface area (Å²) in [5.74, 6) is 1.42. The normalized spacial score (nSPS) is 15.3. The maximum Gasteiger partial charge on any atom is 0.290 e. The summed E-state index contributed by atoms with van der Waals surface area (Å²) < 4.78 is 22.1. The van der Waals surface area contributed by atoms with E-state index >= 15 is 0 Å². The lowest BCUT2D eigenvalue weighted by Crippen LogP contribution is -2.32. The Morgan fingerprint density at radius 3 is 2.39 bits per heavy atom. The first kappa shape index (κ1) is 22.7. The molecule has 4 rings (SSSR count). The summed E-state index contributed by atoms with van der Waals surface area (Å²) in [6.07, 6.45) is 0.748. The molecule has 1 amide bonds. The molecular weight excluding hydrogens is 424 g/mol. The van der Waals surface area contributed by atoms with Gasteiger partial charge in [-0.3, -0.25) is 9.59 Å². The highest BCUT2D eigenvalue weighted by Crippen LogP contribution is 2.41. The van der Waals surface area contributed by atoms with Crippen molar-refractivity contribution < 1.29 is 23.4 Å². The van der Waals surface area contributed by atoms with Crippen molar-refractivity contribution in [2.45, 2.75) is 12.5 Å². The maximum atomic E-state index is 13.6. The lowest BCUT2D eigenvalue weighted by Gasteiger charge is -2.26. The molecule has 33 heavy (non-hydrogen) atoms. The number of nitrogens with zero attached hydrogens (tertiary/aromatic N) is 2. The zero-order valence-electron chi connectivity index (χ0n) is 19.5. The van der Waals surface area contributed by atoms with E-state index in [1.165, 1.54) is 7.11 Å². The minimum Gasteiger partial charge on any atom is -0.497 e. The number of methoxy groups -OCH3 is 3. The van der Waals surface area contributed by atoms with Crippen molar-refractivity contribution in [3.8, 4) is 17.2 Å². The average Bonchev–Trinajstić information content (AvgIpc) is 3.09. The maximum absolute atomic E-state index is 13.6. The first-order chi connectivity index (χ1) is 15.9. The van der Waals surface area contributed by atoms with Crippen molar-refractivity contribution in [3.05, 3.63) is 63.5 Å². The van der Waals surface area contributed by atoms with Gasteiger partial charge in [0.1, 0.15) is 11.3 Å². The predicted octanol–water partition coefficient (Wildman–Crippen LogP) is 3.32. The Morgan fingerprint density at radius 1 is 0.970 bits per heavy atom. The molecule has 0 saturated carbocycles. The molecular formula is C25H28N2O6. The van der Waals surface area contributed by atoms with Crippen LogP contribution in [0.4, 0.5) is 0 Å². The third-order valence-electron chi connectivity index (χ3n) is 5.90. The SMILES string of the molecule is COc1ccc2c(=O)c3c(oc2c1)C(=O)N(CCCN(C)C)C3c1ccc(OC)c(OC)c1. The van der Waals surface area contributed by atoms with Gasteiger partial charge in [0.2, 0.25) is 5.76 Å². The summed E-state index contributed by atoms with van der Waals surface area (Å²) in [7, 11) is 8.63. The van der Waals surface area contributed by atoms with E-state index in [0.717, 1.165) is 18.5 Å². The standard InChI is InChI=1S/C25H28N2O6/c1-26(2)11-6-12-27-22(15-7-10-18(31-4)20(13-15)32-5)21-23(28)17-9-8-16(30-3)14-19(17)33-24(21)25(27)29/h7-10,13-14,22H,6,11-12H2,1-5H3. The number of ether oxygens (including phenoxy) is 3. The largest absolute Gasteiger partial charge is 0.497 e. The van der Waals surface area contributed by atoms with Crippen molar-refractivity contribution >= 4 is 16.9 Å². The van der Waals surface area contributed by atoms with Crippen molar-refractivity contribution in [1.82, 2.24) is 9.80 Å². The van der Waals surface area contributed by atoms with Crippen LogP contribution in [-0.4, -0.2) is 64.2 Å². The van der Waals surface area contributed by atoms with Crippen LogP contribution in [-0.2, 0) is 0 Å². The molecule has 8 heteroatoms. The molecule has 0 saturated heterocycles. The Bertz CT molecular complexity index is 1250. The zero-order chi connectivity index (χ0) is 23.7. The molecule has 0 fully saturated rings. The third kappa shape index (κ3) is 4.02. The van der Waals surface area contributed by atoms with Gasteiger partial charge >= 0.3 is 0 Å². The molecule has 0 bridgehead atoms. The minimum atomic E-state index is -0.586. The van der Waals surface area contributed by atoms with E-state index in [1.807, 2.05) is 26.2 Å². The molecule has 1 unspecified atom stereocenters. The van der Waals surface area contributed by atoms with Crippen LogP contribution in [0.15, 0.2) is 45.6 Å². The second-order valence-electron chi connectivity index (χ2n) is 8.21. The van der Waals surface area contributed by atoms with Gasteiger partial charge in [-0.1, -0.05) is 6.07 Å². The highest BCUT2D eigenvalue weighted by Gasteiger charge is 2.42. The Balaban J connectivity index is 1.89. The number of fused-ring (bicyclic) bond motifs is 2. The fourth-order valence-electron chi connectivity index (χ4n) is 4.28. The summed E-state index contributed by atoms with van der Waals surface area (Å²) in [6.45, 7) is 1.28. The molecule has 1 aromatic heterocycles. The molecule has 0 aliphatic carbocycles. The monoisotopic (exact) mass is 452 g/mol. The van der Waals surface area contributed by atoms with Crippen molar-refractivity contribution in [3.63, 3.8) is 0 Å². The Labute approximate surface area is 192 Å². The molecule has 1 atom stereocenters. The number of benzene rings is 2. The van der Waals surface area contributed by atoms with Gasteiger partial charge in [-0.05, 0) is 56.9 Å². The van der Waals surface area contributed by atoms with Crippen molar-refractivity contribution in [1.29, 1.82) is 0 Å². The summed E-state index contributed by atoms with van der Waals surface area (Å²) in [6, 6.07) is 9.87. The minimum absolute atomic E-state index is 0.0744. The fraction of sp³-hybridized carbons (Fsp3) is 0.360. The molecule has 8 nitrogen and oxygen atoms in total. The van der Waals surface area contributed by atoms with E-state index in [4.69, 9.17) is 18.6 Å². The van der Waals surface area contributed by atoms with Crippen LogP contribution in [0, 0.1) is 0 Å². The molecule has 1 aliphatic heterocycles. The van der Waals surface area contributed by atoms with Crippen LogP contribution < -0.4 is 19.6 Å². The number of carbonyl (C=O) groups is 1. The summed E-state index contributed by atoms with van der Waals surface area (Å²) >= 11 is 0. The quantitative estimate of drug-likeness (QED) is 0.519. The third-order valence-corrected chi connectivity index (χ3v) is 5.90. The van der Waals surface area contributed by atoms with Crippen LogP contribution in [0.25, 0.3) is 11.0 Å². The van der Waals surface area contributed by atoms with Crippen LogP contribution in [0.1, 0.15) is 34.1 Å². The molecule has 2 heterocycles. The first-order valence-electron chi connectivity index (χ1n) is 10.7. The van der Waals surface area contributed by atoms with E-state index in [1.54, 1.807) is 43.4 Å². The van der Waals surface area contributed by atoms with Gasteiger partial charge in [-0.15, -0.1) is 0 Å². The summed E-state index contributed by atoms with van der Waals surface area (Å²) in [5.41, 5.74) is 1.20. The van der Waals surface area contributed by atoms with Gasteiger partial charge < -0.3 is 28.4 Å². The lowest BCUT2D eigenvalue weighted by atomic mass is 9.98. The van der Waals surface area contributed by atoms with Crippen LogP contribution in [0.3, 0.4) is 0 Å². The number of amides is 1. The van der Waals surface area contributed by atoms with Gasteiger partial charge in [0, 0.05) is 12.6 Å². The Morgan fingerprint density at radius 2 is 1.73 bits per heavy atom. The lowest BCUT2D eigenvalue weighted by molar-refractivity contribution is 0.0722. The number of carbonyl (C=O) groups excluding carboxylic acids is 1. The molecule has 1 aliphatic rings. The highest BCUT2D eigenvalue weighted by molar-refractivity contribution is 5.99. The number of rotatable bonds is 8. The van der Waals surface area contributed by atoms with Gasteiger partial charge in [-0.25, -0.2) is 0 Å². The molecule has 0 radical (unpaired) electrons. The summed E-state index contributed by atoms with van der Waals surface area (Å²) in [5, 5.41) is 0.406. The number of hydrogen-bond acceptors (Lipinski definition) is 7. The second-order valence-corrected chi connectivity index (χ2v) is 8.21. The summed E-state index contributed by atoms with van der Waals surface area (Å²) in [4.78, 5) is 30.9. The number of hydrogen-bond donors (Lipinski definition) is 0. The topological polar surface area (TPSA) is 81.5 Å². The molecule has 0 N–H and O–H groups in total. The van der Waals surface area contributed by atoms with Gasteiger partial charge in [0.05, 0.1) is 38.3 Å². The fourth-order valence-corrected chi connectivity index (χ4v) is 4.28. The molecule has 0 spiro atoms. The van der Waals surface area contributed by atoms with E-state index in [0.29, 0.717) is 40.3 Å². The van der Waals surface area contributed by atoms with E-state index in [2.05, 4.69) is 4.90 Å². The zero-order valence-corrected chi connectivity index (χ0v) is 19.5. The van der Waals surface area contributed by atoms with Gasteiger partial charge in [0.15, 0.2) is 16.9 Å². The highest BCUT2D eigenvalue weighted by atomic mass is 16.5. The van der Waals surface area contributed by atoms with Crippen LogP contribution in [0.5, 0.6) is 17.2 Å². The Kier molecular flexibility index (Phi) is 6.29. The van der Waals surface area contributed by atoms with Crippen LogP contribution in [0.2, 0.25) is 0 Å². The van der Waals surface area contributed by atoms with Crippen molar-refractivity contribution in [2.24, 2.45) is 0 Å². The smallest absolute Gasteiger partial charge is 0.290 e. The molecule has 2 aromatic carbocycles. The molecule has 174 valence electrons. The Hall–Kier alpha value is -3.52. The van der Waals surface area contributed by atoms with Crippen LogP contribution >= 0.6 is 0 Å². The molecule has 3 aromatic rings. The van der Waals surface area contributed by atoms with E-state index in [-0.39, 0.29) is 17.1 Å². The van der Waals surface area contributed by atoms with Gasteiger partial charge in [0.25, 0.3) is 5.91 Å². The first-order valence-corrected chi connectivity index (χ1v) is 10.7. The van der Waals surface area contributed by atoms with E-state index < -0.39 is 6.04 Å². The predicted molar refractivity (Wildman–Crippen MR) is 125 cm³/mol. The van der Waals surface area contributed by atoms with Gasteiger partial charge in [-0.2, -0.15) is 0 Å². The average molecular weight is 453 g/mol. The van der Waals surface area contributed by atoms with Crippen molar-refractivity contribution in [2.75, 3.05) is 48.5 Å². The second kappa shape index (κ2) is 9.15.